The predicted octanol–water partition coefficient (Wildman–Crippen LogP) is 14.1. The highest BCUT2D eigenvalue weighted by Gasteiger charge is 2.17. The highest BCUT2D eigenvalue weighted by molar-refractivity contribution is 6.18. The monoisotopic (exact) mass is 652 g/mol. The maximum atomic E-state index is 6.48. The molecule has 0 unspecified atom stereocenters. The Bertz CT molecular complexity index is 2900. The lowest BCUT2D eigenvalue weighted by atomic mass is 9.93. The molecule has 0 aliphatic rings. The van der Waals surface area contributed by atoms with Crippen LogP contribution in [0, 0.1) is 0 Å². The molecule has 0 atom stereocenters. The van der Waals surface area contributed by atoms with E-state index in [0.717, 1.165) is 110 Å². The smallest absolute Gasteiger partial charge is 0.136 e. The van der Waals surface area contributed by atoms with E-state index in [-0.39, 0.29) is 0 Å². The summed E-state index contributed by atoms with van der Waals surface area (Å²) < 4.78 is 18.6. The molecule has 0 fully saturated rings. The van der Waals surface area contributed by atoms with E-state index < -0.39 is 0 Å². The second-order valence-electron chi connectivity index (χ2n) is 13.2. The Morgan fingerprint density at radius 1 is 0.235 bits per heavy atom. The first-order chi connectivity index (χ1) is 25.2. The Morgan fingerprint density at radius 2 is 0.588 bits per heavy atom. The van der Waals surface area contributed by atoms with Crippen LogP contribution in [0.1, 0.15) is 0 Å². The fourth-order valence-electron chi connectivity index (χ4n) is 7.84. The number of para-hydroxylation sites is 2. The number of hydrogen-bond acceptors (Lipinski definition) is 3. The van der Waals surface area contributed by atoms with Crippen molar-refractivity contribution >= 4 is 65.8 Å². The van der Waals surface area contributed by atoms with Gasteiger partial charge >= 0.3 is 0 Å². The fourth-order valence-corrected chi connectivity index (χ4v) is 7.84. The molecule has 0 bridgehead atoms. The minimum absolute atomic E-state index is 0.883. The molecule has 0 spiro atoms. The quantitative estimate of drug-likeness (QED) is 0.190. The first kappa shape index (κ1) is 28.0. The average molecular weight is 653 g/mol. The molecule has 0 saturated carbocycles. The number of hydrogen-bond donors (Lipinski definition) is 0. The fraction of sp³-hybridized carbons (Fsp3) is 0. The molecule has 3 heterocycles. The van der Waals surface area contributed by atoms with Gasteiger partial charge in [-0.1, -0.05) is 121 Å². The van der Waals surface area contributed by atoms with E-state index in [1.807, 2.05) is 24.3 Å². The molecule has 0 saturated heterocycles. The molecular weight excluding hydrogens is 625 g/mol. The van der Waals surface area contributed by atoms with Crippen LogP contribution in [0.3, 0.4) is 0 Å². The largest absolute Gasteiger partial charge is 0.456 e. The van der Waals surface area contributed by atoms with E-state index in [0.29, 0.717) is 0 Å². The summed E-state index contributed by atoms with van der Waals surface area (Å²) in [6.45, 7) is 0. The predicted molar refractivity (Wildman–Crippen MR) is 210 cm³/mol. The Labute approximate surface area is 292 Å². The van der Waals surface area contributed by atoms with Gasteiger partial charge < -0.3 is 13.3 Å². The van der Waals surface area contributed by atoms with Gasteiger partial charge in [0.05, 0.1) is 0 Å². The molecule has 3 aromatic heterocycles. The lowest BCUT2D eigenvalue weighted by Gasteiger charge is -2.09. The Morgan fingerprint density at radius 3 is 1.06 bits per heavy atom. The van der Waals surface area contributed by atoms with Gasteiger partial charge in [-0.15, -0.1) is 0 Å². The van der Waals surface area contributed by atoms with Crippen molar-refractivity contribution in [1.82, 2.24) is 0 Å². The van der Waals surface area contributed by atoms with Crippen molar-refractivity contribution in [2.45, 2.75) is 0 Å². The van der Waals surface area contributed by atoms with E-state index in [1.54, 1.807) is 0 Å². The zero-order valence-corrected chi connectivity index (χ0v) is 27.4. The topological polar surface area (TPSA) is 39.4 Å². The number of fused-ring (bicyclic) bond motifs is 9. The molecule has 0 amide bonds. The lowest BCUT2D eigenvalue weighted by molar-refractivity contribution is 0.668. The summed E-state index contributed by atoms with van der Waals surface area (Å²) >= 11 is 0. The zero-order valence-electron chi connectivity index (χ0n) is 27.4. The lowest BCUT2D eigenvalue weighted by Crippen LogP contribution is -1.84. The minimum atomic E-state index is 0.883. The van der Waals surface area contributed by atoms with Gasteiger partial charge in [0, 0.05) is 32.3 Å². The van der Waals surface area contributed by atoms with E-state index in [9.17, 15) is 0 Å². The first-order valence-corrected chi connectivity index (χ1v) is 17.2. The van der Waals surface area contributed by atoms with Crippen molar-refractivity contribution in [1.29, 1.82) is 0 Å². The SMILES string of the molecule is c1ccc2c(c1)oc1ccc(-c3ccc(-c4cccc5oc6cccc(-c7ccc(-c8ccc9oc%10ccccc%10c9c8)cc7)c6c45)cc3)cc12. The summed E-state index contributed by atoms with van der Waals surface area (Å²) in [6, 6.07) is 59.8. The number of furan rings is 3. The van der Waals surface area contributed by atoms with Crippen LogP contribution < -0.4 is 0 Å². The second kappa shape index (κ2) is 10.8. The standard InChI is InChI=1S/C48H28O3/c1-3-11-41-37(7-1)39-27-33(23-25-43(39)49-41)29-15-19-31(20-16-29)35-9-5-13-45-47(35)48-36(10-6-14-46(48)51-45)32-21-17-30(18-22-32)34-24-26-44-40(28-34)38-8-2-4-12-42(38)50-44/h1-28H. The highest BCUT2D eigenvalue weighted by atomic mass is 16.3. The van der Waals surface area contributed by atoms with Gasteiger partial charge in [-0.25, -0.2) is 0 Å². The molecule has 8 aromatic carbocycles. The summed E-state index contributed by atoms with van der Waals surface area (Å²) in [6.07, 6.45) is 0. The maximum absolute atomic E-state index is 6.48. The molecular formula is C48H28O3. The summed E-state index contributed by atoms with van der Waals surface area (Å²) in [5.74, 6) is 0. The van der Waals surface area contributed by atoms with Crippen molar-refractivity contribution < 1.29 is 13.3 Å². The Hall–Kier alpha value is -6.84. The third-order valence-corrected chi connectivity index (χ3v) is 10.3. The molecule has 0 aliphatic carbocycles. The van der Waals surface area contributed by atoms with Gasteiger partial charge in [0.15, 0.2) is 0 Å². The molecule has 3 heteroatoms. The van der Waals surface area contributed by atoms with Gasteiger partial charge in [-0.05, 0) is 93.0 Å². The van der Waals surface area contributed by atoms with Crippen LogP contribution in [0.25, 0.3) is 110 Å². The molecule has 0 aliphatic heterocycles. The normalized spacial score (nSPS) is 11.9. The van der Waals surface area contributed by atoms with E-state index in [4.69, 9.17) is 13.3 Å². The van der Waals surface area contributed by atoms with E-state index in [1.165, 1.54) is 0 Å². The van der Waals surface area contributed by atoms with Crippen LogP contribution >= 0.6 is 0 Å². The van der Waals surface area contributed by atoms with Crippen molar-refractivity contribution in [3.05, 3.63) is 170 Å². The molecule has 11 rings (SSSR count). The van der Waals surface area contributed by atoms with Crippen LogP contribution in [0.15, 0.2) is 183 Å². The summed E-state index contributed by atoms with van der Waals surface area (Å²) in [5, 5.41) is 6.80. The third kappa shape index (κ3) is 4.38. The Balaban J connectivity index is 0.982. The highest BCUT2D eigenvalue weighted by Crippen LogP contribution is 2.42. The van der Waals surface area contributed by atoms with E-state index >= 15 is 0 Å². The minimum Gasteiger partial charge on any atom is -0.456 e. The van der Waals surface area contributed by atoms with Crippen LogP contribution in [0.5, 0.6) is 0 Å². The van der Waals surface area contributed by atoms with Crippen LogP contribution in [0.2, 0.25) is 0 Å². The van der Waals surface area contributed by atoms with Gasteiger partial charge in [0.2, 0.25) is 0 Å². The molecule has 238 valence electrons. The van der Waals surface area contributed by atoms with Crippen LogP contribution in [-0.2, 0) is 0 Å². The molecule has 0 N–H and O–H groups in total. The van der Waals surface area contributed by atoms with Gasteiger partial charge in [-0.3, -0.25) is 0 Å². The van der Waals surface area contributed by atoms with Crippen molar-refractivity contribution in [2.24, 2.45) is 0 Å². The van der Waals surface area contributed by atoms with Gasteiger partial charge in [0.1, 0.15) is 33.5 Å². The van der Waals surface area contributed by atoms with Gasteiger partial charge in [0.25, 0.3) is 0 Å². The van der Waals surface area contributed by atoms with Crippen LogP contribution in [-0.4, -0.2) is 0 Å². The summed E-state index contributed by atoms with van der Waals surface area (Å²) in [7, 11) is 0. The van der Waals surface area contributed by atoms with Crippen molar-refractivity contribution in [3.63, 3.8) is 0 Å². The molecule has 51 heavy (non-hydrogen) atoms. The van der Waals surface area contributed by atoms with Crippen molar-refractivity contribution in [2.75, 3.05) is 0 Å². The second-order valence-corrected chi connectivity index (χ2v) is 13.2. The average Bonchev–Trinajstić information content (AvgIpc) is 3.89. The van der Waals surface area contributed by atoms with E-state index in [2.05, 4.69) is 146 Å². The molecule has 11 aromatic rings. The first-order valence-electron chi connectivity index (χ1n) is 17.2. The zero-order chi connectivity index (χ0) is 33.5. The van der Waals surface area contributed by atoms with Gasteiger partial charge in [-0.2, -0.15) is 0 Å². The third-order valence-electron chi connectivity index (χ3n) is 10.3. The Kier molecular flexibility index (Phi) is 5.96. The molecule has 0 radical (unpaired) electrons. The van der Waals surface area contributed by atoms with Crippen molar-refractivity contribution in [3.8, 4) is 44.5 Å². The number of rotatable bonds is 4. The summed E-state index contributed by atoms with van der Waals surface area (Å²) in [5.41, 5.74) is 14.7. The number of benzene rings is 8. The summed E-state index contributed by atoms with van der Waals surface area (Å²) in [4.78, 5) is 0. The molecule has 3 nitrogen and oxygen atoms in total. The van der Waals surface area contributed by atoms with Crippen LogP contribution in [0.4, 0.5) is 0 Å². The maximum Gasteiger partial charge on any atom is 0.136 e.